The van der Waals surface area contributed by atoms with Gasteiger partial charge in [0.15, 0.2) is 0 Å². The first-order chi connectivity index (χ1) is 13.0. The number of carbonyl (C=O) groups excluding carboxylic acids is 3. The average Bonchev–Trinajstić information content (AvgIpc) is 3.28. The van der Waals surface area contributed by atoms with Crippen molar-refractivity contribution < 1.29 is 14.4 Å². The van der Waals surface area contributed by atoms with Crippen molar-refractivity contribution in [1.29, 1.82) is 0 Å². The predicted octanol–water partition coefficient (Wildman–Crippen LogP) is 2.83. The van der Waals surface area contributed by atoms with Crippen molar-refractivity contribution in [3.63, 3.8) is 0 Å². The summed E-state index contributed by atoms with van der Waals surface area (Å²) in [7, 11) is 0. The van der Waals surface area contributed by atoms with E-state index in [2.05, 4.69) is 16.3 Å². The van der Waals surface area contributed by atoms with Crippen LogP contribution in [0.3, 0.4) is 0 Å². The van der Waals surface area contributed by atoms with Crippen LogP contribution in [-0.4, -0.2) is 42.3 Å². The number of amides is 3. The summed E-state index contributed by atoms with van der Waals surface area (Å²) in [5, 5.41) is 2.82. The standard InChI is InChI=1S/C21H21N3O3/c1-14-12-15(23-10-4-5-11-23)8-9-18(14)22-19(25)13-24-20(26)16-6-2-3-7-17(16)21(24)27/h2-3,6-9,12H,4-5,10-11,13H2,1H3,(H,22,25). The summed E-state index contributed by atoms with van der Waals surface area (Å²) in [6, 6.07) is 12.6. The molecule has 0 atom stereocenters. The van der Waals surface area contributed by atoms with Crippen LogP contribution in [0.2, 0.25) is 0 Å². The third kappa shape index (κ3) is 3.18. The molecule has 1 saturated heterocycles. The summed E-state index contributed by atoms with van der Waals surface area (Å²) < 4.78 is 0. The van der Waals surface area contributed by atoms with Crippen molar-refractivity contribution in [1.82, 2.24) is 4.90 Å². The van der Waals surface area contributed by atoms with Crippen LogP contribution in [0, 0.1) is 6.92 Å². The van der Waals surface area contributed by atoms with E-state index in [9.17, 15) is 14.4 Å². The summed E-state index contributed by atoms with van der Waals surface area (Å²) in [6.45, 7) is 3.77. The maximum atomic E-state index is 12.4. The molecule has 2 aromatic carbocycles. The van der Waals surface area contributed by atoms with Crippen molar-refractivity contribution in [2.75, 3.05) is 29.9 Å². The Hall–Kier alpha value is -3.15. The Kier molecular flexibility index (Phi) is 4.39. The second kappa shape index (κ2) is 6.87. The quantitative estimate of drug-likeness (QED) is 0.848. The van der Waals surface area contributed by atoms with Crippen LogP contribution in [0.5, 0.6) is 0 Å². The molecule has 27 heavy (non-hydrogen) atoms. The molecule has 3 amide bonds. The van der Waals surface area contributed by atoms with Gasteiger partial charge < -0.3 is 10.2 Å². The molecule has 0 aromatic heterocycles. The Balaban J connectivity index is 1.44. The van der Waals surface area contributed by atoms with Crippen LogP contribution in [0.1, 0.15) is 39.1 Å². The lowest BCUT2D eigenvalue weighted by atomic mass is 10.1. The SMILES string of the molecule is Cc1cc(N2CCCC2)ccc1NC(=O)CN1C(=O)c2ccccc2C1=O. The number of hydrogen-bond acceptors (Lipinski definition) is 4. The summed E-state index contributed by atoms with van der Waals surface area (Å²) in [6.07, 6.45) is 2.41. The van der Waals surface area contributed by atoms with Gasteiger partial charge in [-0.25, -0.2) is 0 Å². The van der Waals surface area contributed by atoms with Crippen molar-refractivity contribution in [2.24, 2.45) is 0 Å². The summed E-state index contributed by atoms with van der Waals surface area (Å²) in [5.74, 6) is -1.24. The number of rotatable bonds is 4. The Morgan fingerprint density at radius 2 is 1.63 bits per heavy atom. The molecule has 0 unspecified atom stereocenters. The second-order valence-electron chi connectivity index (χ2n) is 6.98. The number of benzene rings is 2. The monoisotopic (exact) mass is 363 g/mol. The molecule has 6 nitrogen and oxygen atoms in total. The molecule has 0 aliphatic carbocycles. The largest absolute Gasteiger partial charge is 0.372 e. The van der Waals surface area contributed by atoms with Crippen molar-refractivity contribution >= 4 is 29.1 Å². The van der Waals surface area contributed by atoms with Gasteiger partial charge in [-0.15, -0.1) is 0 Å². The maximum Gasteiger partial charge on any atom is 0.262 e. The molecule has 2 heterocycles. The number of anilines is 2. The first-order valence-corrected chi connectivity index (χ1v) is 9.15. The zero-order chi connectivity index (χ0) is 19.0. The molecule has 2 aliphatic rings. The topological polar surface area (TPSA) is 69.7 Å². The third-order valence-corrected chi connectivity index (χ3v) is 5.14. The molecule has 1 N–H and O–H groups in total. The van der Waals surface area contributed by atoms with Gasteiger partial charge >= 0.3 is 0 Å². The van der Waals surface area contributed by atoms with Crippen molar-refractivity contribution in [3.8, 4) is 0 Å². The number of aryl methyl sites for hydroxylation is 1. The highest BCUT2D eigenvalue weighted by Crippen LogP contribution is 2.26. The highest BCUT2D eigenvalue weighted by molar-refractivity contribution is 6.22. The normalized spacial score (nSPS) is 16.0. The maximum absolute atomic E-state index is 12.4. The Bertz CT molecular complexity index is 897. The van der Waals surface area contributed by atoms with Gasteiger partial charge in [-0.2, -0.15) is 0 Å². The van der Waals surface area contributed by atoms with Gasteiger partial charge in [-0.3, -0.25) is 19.3 Å². The molecule has 1 fully saturated rings. The van der Waals surface area contributed by atoms with E-state index in [-0.39, 0.29) is 12.5 Å². The molecule has 2 aromatic rings. The lowest BCUT2D eigenvalue weighted by molar-refractivity contribution is -0.116. The first-order valence-electron chi connectivity index (χ1n) is 9.15. The Morgan fingerprint density at radius 3 is 2.22 bits per heavy atom. The molecule has 0 radical (unpaired) electrons. The fraction of sp³-hybridized carbons (Fsp3) is 0.286. The highest BCUT2D eigenvalue weighted by Gasteiger charge is 2.36. The number of nitrogens with zero attached hydrogens (tertiary/aromatic N) is 2. The molecular weight excluding hydrogens is 342 g/mol. The van der Waals surface area contributed by atoms with Crippen molar-refractivity contribution in [3.05, 3.63) is 59.2 Å². The van der Waals surface area contributed by atoms with E-state index in [4.69, 9.17) is 0 Å². The van der Waals surface area contributed by atoms with E-state index in [1.807, 2.05) is 19.1 Å². The van der Waals surface area contributed by atoms with Crippen LogP contribution in [0.4, 0.5) is 11.4 Å². The first kappa shape index (κ1) is 17.3. The predicted molar refractivity (Wildman–Crippen MR) is 103 cm³/mol. The molecule has 6 heteroatoms. The molecule has 0 bridgehead atoms. The second-order valence-corrected chi connectivity index (χ2v) is 6.98. The summed E-state index contributed by atoms with van der Waals surface area (Å²) in [4.78, 5) is 40.5. The van der Waals surface area contributed by atoms with Gasteiger partial charge in [0.25, 0.3) is 11.8 Å². The average molecular weight is 363 g/mol. The summed E-state index contributed by atoms with van der Waals surface area (Å²) in [5.41, 5.74) is 3.50. The highest BCUT2D eigenvalue weighted by atomic mass is 16.2. The molecule has 4 rings (SSSR count). The molecule has 0 spiro atoms. The number of nitrogens with one attached hydrogen (secondary N) is 1. The van der Waals surface area contributed by atoms with E-state index in [0.29, 0.717) is 16.8 Å². The smallest absolute Gasteiger partial charge is 0.262 e. The zero-order valence-electron chi connectivity index (χ0n) is 15.2. The van der Waals surface area contributed by atoms with Crippen molar-refractivity contribution in [2.45, 2.75) is 19.8 Å². The third-order valence-electron chi connectivity index (χ3n) is 5.14. The molecule has 2 aliphatic heterocycles. The van der Waals surface area contributed by atoms with Gasteiger partial charge in [-0.05, 0) is 55.7 Å². The van der Waals surface area contributed by atoms with Crippen LogP contribution >= 0.6 is 0 Å². The van der Waals surface area contributed by atoms with E-state index in [1.165, 1.54) is 12.8 Å². The lowest BCUT2D eigenvalue weighted by Crippen LogP contribution is -2.37. The fourth-order valence-electron chi connectivity index (χ4n) is 3.68. The number of fused-ring (bicyclic) bond motifs is 1. The van der Waals surface area contributed by atoms with Gasteiger partial charge in [0, 0.05) is 24.5 Å². The van der Waals surface area contributed by atoms with Crippen LogP contribution < -0.4 is 10.2 Å². The minimum Gasteiger partial charge on any atom is -0.372 e. The molecule has 138 valence electrons. The number of carbonyl (C=O) groups is 3. The van der Waals surface area contributed by atoms with Crippen LogP contribution in [0.15, 0.2) is 42.5 Å². The number of hydrogen-bond donors (Lipinski definition) is 1. The minimum absolute atomic E-state index is 0.292. The van der Waals surface area contributed by atoms with Crippen LogP contribution in [-0.2, 0) is 4.79 Å². The van der Waals surface area contributed by atoms with E-state index in [1.54, 1.807) is 24.3 Å². The molecular formula is C21H21N3O3. The minimum atomic E-state index is -0.424. The van der Waals surface area contributed by atoms with Gasteiger partial charge in [0.1, 0.15) is 6.54 Å². The van der Waals surface area contributed by atoms with E-state index in [0.717, 1.165) is 29.2 Å². The number of imide groups is 1. The van der Waals surface area contributed by atoms with Gasteiger partial charge in [-0.1, -0.05) is 12.1 Å². The van der Waals surface area contributed by atoms with E-state index < -0.39 is 11.8 Å². The summed E-state index contributed by atoms with van der Waals surface area (Å²) >= 11 is 0. The Morgan fingerprint density at radius 1 is 1.00 bits per heavy atom. The van der Waals surface area contributed by atoms with Crippen LogP contribution in [0.25, 0.3) is 0 Å². The van der Waals surface area contributed by atoms with Gasteiger partial charge in [0.2, 0.25) is 5.91 Å². The van der Waals surface area contributed by atoms with E-state index >= 15 is 0 Å². The lowest BCUT2D eigenvalue weighted by Gasteiger charge is -2.20. The Labute approximate surface area is 157 Å². The van der Waals surface area contributed by atoms with Gasteiger partial charge in [0.05, 0.1) is 11.1 Å². The zero-order valence-corrected chi connectivity index (χ0v) is 15.2. The molecule has 0 saturated carbocycles. The fourth-order valence-corrected chi connectivity index (χ4v) is 3.68.